The number of rotatable bonds is 7. The molecule has 4 nitrogen and oxygen atoms in total. The molecule has 0 spiro atoms. The first-order chi connectivity index (χ1) is 12.7. The van der Waals surface area contributed by atoms with Crippen molar-refractivity contribution in [3.05, 3.63) is 66.0 Å². The number of hydrogen-bond donors (Lipinski definition) is 4. The van der Waals surface area contributed by atoms with Crippen molar-refractivity contribution in [1.29, 1.82) is 0 Å². The second-order valence-corrected chi connectivity index (χ2v) is 7.09. The monoisotopic (exact) mass is 396 g/mol. The van der Waals surface area contributed by atoms with Crippen LogP contribution in [-0.2, 0) is 6.18 Å². The van der Waals surface area contributed by atoms with Crippen molar-refractivity contribution >= 4 is 11.9 Å². The van der Waals surface area contributed by atoms with E-state index < -0.39 is 17.3 Å². The molecule has 0 bridgehead atoms. The topological polar surface area (TPSA) is 76.1 Å². The van der Waals surface area contributed by atoms with Gasteiger partial charge in [-0.15, -0.1) is 0 Å². The van der Waals surface area contributed by atoms with E-state index in [2.05, 4.69) is 10.1 Å². The minimum absolute atomic E-state index is 0.430. The van der Waals surface area contributed by atoms with Crippen LogP contribution in [-0.4, -0.2) is 5.54 Å². The molecule has 8 heteroatoms. The quantitative estimate of drug-likeness (QED) is 0.317. The van der Waals surface area contributed by atoms with E-state index in [1.54, 1.807) is 0 Å². The summed E-state index contributed by atoms with van der Waals surface area (Å²) in [7, 11) is 0. The summed E-state index contributed by atoms with van der Waals surface area (Å²) in [6, 6.07) is 12.7. The molecule has 0 aromatic heterocycles. The van der Waals surface area contributed by atoms with E-state index in [4.69, 9.17) is 11.6 Å². The number of hydrazine groups is 1. The van der Waals surface area contributed by atoms with Crippen LogP contribution in [0.3, 0.4) is 0 Å². The first-order valence-corrected chi connectivity index (χ1v) is 9.16. The highest BCUT2D eigenvalue weighted by Crippen LogP contribution is 2.31. The summed E-state index contributed by atoms with van der Waals surface area (Å²) in [5, 5.41) is 0. The third-order valence-electron chi connectivity index (χ3n) is 4.42. The normalized spacial score (nSPS) is 14.7. The largest absolute Gasteiger partial charge is 0.416 e. The van der Waals surface area contributed by atoms with Crippen LogP contribution in [0, 0.1) is 0 Å². The molecule has 0 aliphatic carbocycles. The molecule has 6 N–H and O–H groups in total. The van der Waals surface area contributed by atoms with Gasteiger partial charge in [-0.05, 0) is 60.7 Å². The van der Waals surface area contributed by atoms with Gasteiger partial charge in [0.2, 0.25) is 0 Å². The molecule has 2 aromatic rings. The smallest absolute Gasteiger partial charge is 0.403 e. The van der Waals surface area contributed by atoms with Gasteiger partial charge >= 0.3 is 6.18 Å². The Morgan fingerprint density at radius 2 is 1.56 bits per heavy atom. The highest BCUT2D eigenvalue weighted by molar-refractivity contribution is 7.97. The van der Waals surface area contributed by atoms with Crippen molar-refractivity contribution in [1.82, 2.24) is 10.1 Å². The van der Waals surface area contributed by atoms with Crippen molar-refractivity contribution in [2.75, 3.05) is 0 Å². The molecule has 27 heavy (non-hydrogen) atoms. The van der Waals surface area contributed by atoms with Crippen molar-refractivity contribution < 1.29 is 13.2 Å². The van der Waals surface area contributed by atoms with E-state index in [9.17, 15) is 13.2 Å². The minimum atomic E-state index is -4.33. The summed E-state index contributed by atoms with van der Waals surface area (Å²) in [5.41, 5.74) is 9.39. The van der Waals surface area contributed by atoms with Crippen molar-refractivity contribution in [2.24, 2.45) is 11.6 Å². The van der Waals surface area contributed by atoms with Gasteiger partial charge in [0.25, 0.3) is 0 Å². The molecule has 0 radical (unpaired) electrons. The fourth-order valence-corrected chi connectivity index (χ4v) is 3.32. The highest BCUT2D eigenvalue weighted by Gasteiger charge is 2.30. The van der Waals surface area contributed by atoms with Crippen LogP contribution in [0.25, 0.3) is 11.1 Å². The fraction of sp³-hybridized carbons (Fsp3) is 0.263. The minimum Gasteiger partial charge on any atom is -0.403 e. The summed E-state index contributed by atoms with van der Waals surface area (Å²) in [6.07, 6.45) is -2.13. The molecule has 0 aliphatic heterocycles. The lowest BCUT2D eigenvalue weighted by Crippen LogP contribution is -2.46. The lowest BCUT2D eigenvalue weighted by Gasteiger charge is -2.31. The van der Waals surface area contributed by atoms with Gasteiger partial charge in [0, 0.05) is 11.1 Å². The summed E-state index contributed by atoms with van der Waals surface area (Å²) in [6.45, 7) is 4.00. The van der Waals surface area contributed by atoms with Crippen LogP contribution in [0.5, 0.6) is 0 Å². The van der Waals surface area contributed by atoms with Gasteiger partial charge in [-0.3, -0.25) is 5.84 Å². The zero-order chi connectivity index (χ0) is 20.1. The van der Waals surface area contributed by atoms with E-state index >= 15 is 0 Å². The molecule has 146 valence electrons. The molecule has 2 aromatic carbocycles. The first-order valence-electron chi connectivity index (χ1n) is 8.34. The van der Waals surface area contributed by atoms with Crippen LogP contribution in [0.1, 0.15) is 25.8 Å². The SMILES string of the molecule is CCC(C)(NSc1ccc(-c2ccc(C(F)(F)F)cc2)cc1)/C(=C/N)NN. The van der Waals surface area contributed by atoms with Gasteiger partial charge < -0.3 is 11.2 Å². The molecular weight excluding hydrogens is 373 g/mol. The Bertz CT molecular complexity index is 773. The van der Waals surface area contributed by atoms with E-state index in [1.807, 2.05) is 38.1 Å². The average molecular weight is 396 g/mol. The lowest BCUT2D eigenvalue weighted by molar-refractivity contribution is -0.137. The zero-order valence-corrected chi connectivity index (χ0v) is 15.9. The number of nitrogens with two attached hydrogens (primary N) is 2. The lowest BCUT2D eigenvalue weighted by atomic mass is 9.97. The molecule has 2 rings (SSSR count). The van der Waals surface area contributed by atoms with Crippen molar-refractivity contribution in [2.45, 2.75) is 36.9 Å². The van der Waals surface area contributed by atoms with Crippen molar-refractivity contribution in [3.8, 4) is 11.1 Å². The summed E-state index contributed by atoms with van der Waals surface area (Å²) >= 11 is 1.43. The zero-order valence-electron chi connectivity index (χ0n) is 15.1. The maximum atomic E-state index is 12.7. The van der Waals surface area contributed by atoms with Crippen LogP contribution in [0.4, 0.5) is 13.2 Å². The number of benzene rings is 2. The molecule has 0 saturated carbocycles. The second-order valence-electron chi connectivity index (χ2n) is 6.21. The van der Waals surface area contributed by atoms with Gasteiger partial charge in [-0.1, -0.05) is 31.2 Å². The molecular formula is C19H23F3N4S. The fourth-order valence-electron chi connectivity index (χ4n) is 2.45. The standard InChI is InChI=1S/C19H23F3N4S/c1-3-18(2,17(12-23)25-24)26-27-16-10-6-14(7-11-16)13-4-8-15(9-5-13)19(20,21)22/h4-12,25-26H,3,23-24H2,1-2H3/b17-12-. The van der Waals surface area contributed by atoms with Gasteiger partial charge in [-0.2, -0.15) is 13.2 Å². The Morgan fingerprint density at radius 1 is 1.04 bits per heavy atom. The predicted octanol–water partition coefficient (Wildman–Crippen LogP) is 4.40. The van der Waals surface area contributed by atoms with E-state index in [0.29, 0.717) is 5.70 Å². The maximum absolute atomic E-state index is 12.7. The third-order valence-corrected chi connectivity index (χ3v) is 5.48. The summed E-state index contributed by atoms with van der Waals surface area (Å²) < 4.78 is 41.3. The van der Waals surface area contributed by atoms with Gasteiger partial charge in [-0.25, -0.2) is 4.72 Å². The van der Waals surface area contributed by atoms with Gasteiger partial charge in [0.1, 0.15) is 0 Å². The predicted molar refractivity (Wildman–Crippen MR) is 104 cm³/mol. The molecule has 0 fully saturated rings. The Labute approximate surface area is 161 Å². The Hall–Kier alpha value is -2.16. The van der Waals surface area contributed by atoms with E-state index in [-0.39, 0.29) is 0 Å². The Kier molecular flexibility index (Phi) is 6.80. The van der Waals surface area contributed by atoms with Crippen LogP contribution in [0.15, 0.2) is 65.3 Å². The number of nitrogens with one attached hydrogen (secondary N) is 2. The van der Waals surface area contributed by atoms with E-state index in [1.165, 1.54) is 30.3 Å². The molecule has 1 unspecified atom stereocenters. The van der Waals surface area contributed by atoms with Crippen LogP contribution < -0.4 is 21.7 Å². The number of alkyl halides is 3. The average Bonchev–Trinajstić information content (AvgIpc) is 2.67. The maximum Gasteiger partial charge on any atom is 0.416 e. The summed E-state index contributed by atoms with van der Waals surface area (Å²) in [5.74, 6) is 5.52. The van der Waals surface area contributed by atoms with Crippen molar-refractivity contribution in [3.63, 3.8) is 0 Å². The Morgan fingerprint density at radius 3 is 1.96 bits per heavy atom. The number of hydrogen-bond acceptors (Lipinski definition) is 5. The third kappa shape index (κ3) is 5.18. The molecule has 0 saturated heterocycles. The van der Waals surface area contributed by atoms with Crippen LogP contribution >= 0.6 is 11.9 Å². The highest BCUT2D eigenvalue weighted by atomic mass is 32.2. The number of halogens is 3. The second kappa shape index (κ2) is 8.69. The molecule has 0 amide bonds. The molecule has 1 atom stereocenters. The first kappa shape index (κ1) is 21.1. The molecule has 0 heterocycles. The Balaban J connectivity index is 2.09. The summed E-state index contributed by atoms with van der Waals surface area (Å²) in [4.78, 5) is 0.957. The van der Waals surface area contributed by atoms with Crippen LogP contribution in [0.2, 0.25) is 0 Å². The van der Waals surface area contributed by atoms with E-state index in [0.717, 1.165) is 34.6 Å². The van der Waals surface area contributed by atoms with Gasteiger partial charge in [0.05, 0.1) is 16.8 Å². The molecule has 0 aliphatic rings. The van der Waals surface area contributed by atoms with Gasteiger partial charge in [0.15, 0.2) is 0 Å².